The van der Waals surface area contributed by atoms with Gasteiger partial charge in [0, 0.05) is 4.43 Å². The molecule has 2 aliphatic rings. The van der Waals surface area contributed by atoms with Crippen LogP contribution in [-0.4, -0.2) is 4.43 Å². The molecule has 0 aromatic carbocycles. The maximum atomic E-state index is 2.58. The first-order valence-electron chi connectivity index (χ1n) is 7.39. The molecule has 2 aliphatic carbocycles. The van der Waals surface area contributed by atoms with E-state index in [0.717, 1.165) is 23.7 Å². The van der Waals surface area contributed by atoms with Crippen LogP contribution in [-0.2, 0) is 0 Å². The van der Waals surface area contributed by atoms with Gasteiger partial charge in [0.25, 0.3) is 0 Å². The first-order valence-corrected chi connectivity index (χ1v) is 8.92. The molecule has 0 aliphatic heterocycles. The summed E-state index contributed by atoms with van der Waals surface area (Å²) in [6, 6.07) is 0. The predicted octanol–water partition coefficient (Wildman–Crippen LogP) is 5.44. The monoisotopic (exact) mass is 334 g/mol. The topological polar surface area (TPSA) is 0 Å². The molecule has 0 atom stereocenters. The van der Waals surface area contributed by atoms with Gasteiger partial charge >= 0.3 is 0 Å². The summed E-state index contributed by atoms with van der Waals surface area (Å²) in [5.41, 5.74) is 0. The first kappa shape index (κ1) is 13.2. The zero-order chi connectivity index (χ0) is 11.4. The normalized spacial score (nSPS) is 40.9. The Balaban J connectivity index is 1.73. The second-order valence-corrected chi connectivity index (χ2v) is 7.00. The minimum Gasteiger partial charge on any atom is -0.0861 e. The Hall–Kier alpha value is 0.730. The summed E-state index contributed by atoms with van der Waals surface area (Å²) in [7, 11) is 0. The molecule has 0 aromatic heterocycles. The van der Waals surface area contributed by atoms with E-state index in [9.17, 15) is 0 Å². The molecular weight excluding hydrogens is 307 g/mol. The van der Waals surface area contributed by atoms with Gasteiger partial charge in [0.05, 0.1) is 0 Å². The van der Waals surface area contributed by atoms with Gasteiger partial charge in [0.2, 0.25) is 0 Å². The van der Waals surface area contributed by atoms with E-state index >= 15 is 0 Å². The Morgan fingerprint density at radius 1 is 0.750 bits per heavy atom. The molecule has 0 radical (unpaired) electrons. The molecule has 2 fully saturated rings. The molecule has 2 saturated carbocycles. The zero-order valence-corrected chi connectivity index (χ0v) is 12.9. The lowest BCUT2D eigenvalue weighted by molar-refractivity contribution is 0.150. The number of hydrogen-bond acceptors (Lipinski definition) is 0. The highest BCUT2D eigenvalue weighted by atomic mass is 127. The highest BCUT2D eigenvalue weighted by Crippen LogP contribution is 2.42. The van der Waals surface area contributed by atoms with Crippen LogP contribution in [0.3, 0.4) is 0 Å². The lowest BCUT2D eigenvalue weighted by atomic mass is 9.69. The Morgan fingerprint density at radius 2 is 1.19 bits per heavy atom. The van der Waals surface area contributed by atoms with Crippen LogP contribution in [0.1, 0.15) is 64.7 Å². The third-order valence-corrected chi connectivity index (χ3v) is 6.49. The first-order chi connectivity index (χ1) is 7.83. The van der Waals surface area contributed by atoms with Crippen molar-refractivity contribution in [2.75, 3.05) is 4.43 Å². The lowest BCUT2D eigenvalue weighted by Crippen LogP contribution is -2.26. The molecule has 0 spiro atoms. The van der Waals surface area contributed by atoms with E-state index < -0.39 is 0 Å². The van der Waals surface area contributed by atoms with E-state index in [1.54, 1.807) is 25.7 Å². The van der Waals surface area contributed by atoms with Crippen molar-refractivity contribution in [3.05, 3.63) is 0 Å². The minimum absolute atomic E-state index is 1.06. The molecule has 0 bridgehead atoms. The predicted molar refractivity (Wildman–Crippen MR) is 80.1 cm³/mol. The fourth-order valence-corrected chi connectivity index (χ4v) is 4.76. The van der Waals surface area contributed by atoms with Gasteiger partial charge in [-0.3, -0.25) is 0 Å². The van der Waals surface area contributed by atoms with Crippen molar-refractivity contribution in [2.24, 2.45) is 23.7 Å². The van der Waals surface area contributed by atoms with Crippen LogP contribution >= 0.6 is 22.6 Å². The van der Waals surface area contributed by atoms with E-state index in [1.165, 1.54) is 36.5 Å². The Morgan fingerprint density at radius 3 is 1.56 bits per heavy atom. The summed E-state index contributed by atoms with van der Waals surface area (Å²) in [5.74, 6) is 4.35. The molecule has 1 heteroatoms. The van der Waals surface area contributed by atoms with E-state index in [4.69, 9.17) is 0 Å². The Kier molecular flexibility index (Phi) is 5.44. The maximum absolute atomic E-state index is 2.58. The van der Waals surface area contributed by atoms with Gasteiger partial charge in [-0.2, -0.15) is 0 Å². The van der Waals surface area contributed by atoms with Crippen LogP contribution in [0.5, 0.6) is 0 Å². The fourth-order valence-electron chi connectivity index (χ4n) is 3.88. The zero-order valence-electron chi connectivity index (χ0n) is 10.8. The maximum Gasteiger partial charge on any atom is 0.00237 e. The van der Waals surface area contributed by atoms with Crippen LogP contribution in [0.2, 0.25) is 0 Å². The van der Waals surface area contributed by atoms with E-state index in [1.807, 2.05) is 0 Å². The van der Waals surface area contributed by atoms with Crippen molar-refractivity contribution in [1.29, 1.82) is 0 Å². The highest BCUT2D eigenvalue weighted by molar-refractivity contribution is 14.1. The number of rotatable bonds is 3. The highest BCUT2D eigenvalue weighted by Gasteiger charge is 2.29. The second kappa shape index (κ2) is 6.61. The molecule has 0 nitrogen and oxygen atoms in total. The fraction of sp³-hybridized carbons (Fsp3) is 1.00. The molecule has 0 unspecified atom stereocenters. The average molecular weight is 334 g/mol. The lowest BCUT2D eigenvalue weighted by Gasteiger charge is -2.37. The number of alkyl halides is 1. The molecule has 0 heterocycles. The van der Waals surface area contributed by atoms with Crippen LogP contribution in [0.4, 0.5) is 0 Å². The third-order valence-electron chi connectivity index (χ3n) is 5.25. The van der Waals surface area contributed by atoms with Crippen LogP contribution in [0, 0.1) is 23.7 Å². The van der Waals surface area contributed by atoms with E-state index in [2.05, 4.69) is 29.5 Å². The molecule has 0 N–H and O–H groups in total. The summed E-state index contributed by atoms with van der Waals surface area (Å²) >= 11 is 2.58. The van der Waals surface area contributed by atoms with Gasteiger partial charge in [0.1, 0.15) is 0 Å². The average Bonchev–Trinajstić information content (AvgIpc) is 2.39. The van der Waals surface area contributed by atoms with Gasteiger partial charge in [0.15, 0.2) is 0 Å². The van der Waals surface area contributed by atoms with Crippen LogP contribution < -0.4 is 0 Å². The quantitative estimate of drug-likeness (QED) is 0.476. The smallest absolute Gasteiger partial charge is 0.00237 e. The summed E-state index contributed by atoms with van der Waals surface area (Å²) in [4.78, 5) is 0. The van der Waals surface area contributed by atoms with Crippen LogP contribution in [0.25, 0.3) is 0 Å². The minimum atomic E-state index is 1.06. The molecule has 94 valence electrons. The summed E-state index contributed by atoms with van der Waals surface area (Å²) in [6.07, 6.45) is 13.8. The van der Waals surface area contributed by atoms with Gasteiger partial charge in [-0.25, -0.2) is 0 Å². The Labute approximate surface area is 115 Å². The number of hydrogen-bond donors (Lipinski definition) is 0. The molecular formula is C15H27I. The summed E-state index contributed by atoms with van der Waals surface area (Å²) in [5, 5.41) is 0. The Bertz CT molecular complexity index is 164. The van der Waals surface area contributed by atoms with E-state index in [-0.39, 0.29) is 0 Å². The van der Waals surface area contributed by atoms with Gasteiger partial charge in [-0.05, 0) is 62.2 Å². The summed E-state index contributed by atoms with van der Waals surface area (Å²) in [6.45, 7) is 2.37. The van der Waals surface area contributed by atoms with E-state index in [0.29, 0.717) is 0 Å². The molecule has 2 rings (SSSR count). The standard InChI is InChI=1S/C15H27I/c1-2-12-3-7-14(8-4-12)15-9-5-13(11-16)6-10-15/h12-15H,2-11H2,1H3/t12-,13?,14-,15?. The second-order valence-electron chi connectivity index (χ2n) is 6.12. The SMILES string of the molecule is CC[C@H]1CC[C@H](C2CCC(CI)CC2)CC1. The molecule has 0 aromatic rings. The summed E-state index contributed by atoms with van der Waals surface area (Å²) < 4.78 is 1.40. The number of halogens is 1. The van der Waals surface area contributed by atoms with Crippen molar-refractivity contribution in [1.82, 2.24) is 0 Å². The van der Waals surface area contributed by atoms with Crippen molar-refractivity contribution in [2.45, 2.75) is 64.7 Å². The van der Waals surface area contributed by atoms with Crippen molar-refractivity contribution in [3.63, 3.8) is 0 Å². The van der Waals surface area contributed by atoms with Crippen LogP contribution in [0.15, 0.2) is 0 Å². The molecule has 0 saturated heterocycles. The van der Waals surface area contributed by atoms with Gasteiger partial charge in [-0.15, -0.1) is 0 Å². The van der Waals surface area contributed by atoms with Crippen molar-refractivity contribution in [3.8, 4) is 0 Å². The largest absolute Gasteiger partial charge is 0.0861 e. The van der Waals surface area contributed by atoms with Gasteiger partial charge < -0.3 is 0 Å². The van der Waals surface area contributed by atoms with Crippen molar-refractivity contribution < 1.29 is 0 Å². The molecule has 0 amide bonds. The third kappa shape index (κ3) is 3.36. The van der Waals surface area contributed by atoms with Crippen molar-refractivity contribution >= 4 is 22.6 Å². The molecule has 16 heavy (non-hydrogen) atoms. The van der Waals surface area contributed by atoms with Gasteiger partial charge in [-0.1, -0.05) is 48.8 Å².